The van der Waals surface area contributed by atoms with E-state index in [-0.39, 0.29) is 12.1 Å². The Hall–Kier alpha value is -3.75. The van der Waals surface area contributed by atoms with Crippen LogP contribution in [0.5, 0.6) is 0 Å². The maximum Gasteiger partial charge on any atom is 0.324 e. The summed E-state index contributed by atoms with van der Waals surface area (Å²) in [5.41, 5.74) is 7.29. The minimum absolute atomic E-state index is 0.123. The molecule has 0 saturated heterocycles. The highest BCUT2D eigenvalue weighted by molar-refractivity contribution is 5.99. The molecule has 0 aliphatic carbocycles. The average Bonchev–Trinajstić information content (AvgIpc) is 3.11. The molecule has 4 N–H and O–H groups in total. The average molecular weight is 427 g/mol. The molecule has 3 amide bonds. The fraction of sp³-hybridized carbons (Fsp3) is 0.227. The number of carbonyl (C=O) groups excluding carboxylic acids is 2. The van der Waals surface area contributed by atoms with Gasteiger partial charge in [0.1, 0.15) is 17.5 Å². The van der Waals surface area contributed by atoms with Crippen LogP contribution in [0, 0.1) is 11.6 Å². The molecule has 0 spiro atoms. The van der Waals surface area contributed by atoms with E-state index >= 15 is 0 Å². The van der Waals surface area contributed by atoms with Crippen LogP contribution in [-0.2, 0) is 17.6 Å². The topological polar surface area (TPSA) is 102 Å². The summed E-state index contributed by atoms with van der Waals surface area (Å²) >= 11 is 0. The van der Waals surface area contributed by atoms with E-state index in [2.05, 4.69) is 22.7 Å². The molecule has 2 aromatic carbocycles. The highest BCUT2D eigenvalue weighted by Crippen LogP contribution is 2.21. The van der Waals surface area contributed by atoms with Crippen molar-refractivity contribution in [1.82, 2.24) is 9.78 Å². The largest absolute Gasteiger partial charge is 0.369 e. The lowest BCUT2D eigenvalue weighted by atomic mass is 10.1. The number of halogens is 2. The molecule has 0 bridgehead atoms. The van der Waals surface area contributed by atoms with E-state index in [9.17, 15) is 18.4 Å². The first-order chi connectivity index (χ1) is 14.9. The molecule has 7 nitrogen and oxygen atoms in total. The van der Waals surface area contributed by atoms with Crippen LogP contribution in [0.4, 0.5) is 25.1 Å². The van der Waals surface area contributed by atoms with Crippen LogP contribution in [0.1, 0.15) is 31.0 Å². The number of rotatable bonds is 8. The van der Waals surface area contributed by atoms with Crippen molar-refractivity contribution in [2.45, 2.75) is 32.6 Å². The van der Waals surface area contributed by atoms with Crippen molar-refractivity contribution in [2.24, 2.45) is 5.73 Å². The van der Waals surface area contributed by atoms with E-state index in [0.29, 0.717) is 17.6 Å². The van der Waals surface area contributed by atoms with Gasteiger partial charge in [0.25, 0.3) is 0 Å². The molecule has 1 aromatic heterocycles. The molecule has 0 radical (unpaired) electrons. The summed E-state index contributed by atoms with van der Waals surface area (Å²) in [6.45, 7) is 2.07. The highest BCUT2D eigenvalue weighted by Gasteiger charge is 2.14. The van der Waals surface area contributed by atoms with Crippen LogP contribution in [0.3, 0.4) is 0 Å². The molecule has 0 saturated carbocycles. The van der Waals surface area contributed by atoms with Gasteiger partial charge in [-0.3, -0.25) is 10.1 Å². The van der Waals surface area contributed by atoms with Gasteiger partial charge in [-0.25, -0.2) is 18.3 Å². The smallest absolute Gasteiger partial charge is 0.324 e. The lowest BCUT2D eigenvalue weighted by molar-refractivity contribution is -0.117. The van der Waals surface area contributed by atoms with E-state index in [0.717, 1.165) is 42.7 Å². The molecule has 162 valence electrons. The second-order valence-electron chi connectivity index (χ2n) is 7.05. The number of aromatic nitrogens is 2. The number of hydrogen-bond donors (Lipinski definition) is 3. The van der Waals surface area contributed by atoms with E-state index in [1.165, 1.54) is 0 Å². The lowest BCUT2D eigenvalue weighted by Crippen LogP contribution is -2.22. The van der Waals surface area contributed by atoms with Crippen molar-refractivity contribution < 1.29 is 18.4 Å². The van der Waals surface area contributed by atoms with Crippen molar-refractivity contribution in [1.29, 1.82) is 0 Å². The quantitative estimate of drug-likeness (QED) is 0.503. The van der Waals surface area contributed by atoms with Gasteiger partial charge in [0.2, 0.25) is 5.91 Å². The number of nitrogens with one attached hydrogen (secondary N) is 2. The Kier molecular flexibility index (Phi) is 6.96. The van der Waals surface area contributed by atoms with Gasteiger partial charge in [0.15, 0.2) is 0 Å². The standard InChI is InChI=1S/C22H23F2N5O2/c1-2-3-4-16-13-21(27-22(31)26-19-10-7-15(23)12-18(19)24)29(28-16)17-8-5-14(6-9-17)11-20(25)30/h5-10,12-13H,2-4,11H2,1H3,(H2,25,30)(H2,26,27,31). The Morgan fingerprint density at radius 3 is 2.45 bits per heavy atom. The SMILES string of the molecule is CCCCc1cc(NC(=O)Nc2ccc(F)cc2F)n(-c2ccc(CC(N)=O)cc2)n1. The Morgan fingerprint density at radius 2 is 1.81 bits per heavy atom. The van der Waals surface area contributed by atoms with Crippen LogP contribution in [0.25, 0.3) is 5.69 Å². The Labute approximate surface area is 178 Å². The molecule has 0 aliphatic heterocycles. The number of unbranched alkanes of at least 4 members (excludes halogenated alkanes) is 1. The number of amides is 3. The second kappa shape index (κ2) is 9.84. The van der Waals surface area contributed by atoms with Crippen molar-refractivity contribution >= 4 is 23.4 Å². The van der Waals surface area contributed by atoms with Crippen molar-refractivity contribution in [3.63, 3.8) is 0 Å². The number of urea groups is 1. The molecule has 3 aromatic rings. The number of carbonyl (C=O) groups is 2. The van der Waals surface area contributed by atoms with Gasteiger partial charge in [-0.2, -0.15) is 5.10 Å². The Balaban J connectivity index is 1.83. The monoisotopic (exact) mass is 427 g/mol. The molecule has 0 fully saturated rings. The molecule has 31 heavy (non-hydrogen) atoms. The number of aryl methyl sites for hydroxylation is 1. The van der Waals surface area contributed by atoms with Gasteiger partial charge >= 0.3 is 6.03 Å². The van der Waals surface area contributed by atoms with Gasteiger partial charge in [0.05, 0.1) is 23.5 Å². The maximum absolute atomic E-state index is 13.8. The highest BCUT2D eigenvalue weighted by atomic mass is 19.1. The predicted octanol–water partition coefficient (Wildman–Crippen LogP) is 4.16. The molecule has 3 rings (SSSR count). The minimum atomic E-state index is -0.877. The number of nitrogens with two attached hydrogens (primary N) is 1. The number of hydrogen-bond acceptors (Lipinski definition) is 3. The first-order valence-electron chi connectivity index (χ1n) is 9.85. The number of primary amides is 1. The minimum Gasteiger partial charge on any atom is -0.369 e. The van der Waals surface area contributed by atoms with E-state index in [1.807, 2.05) is 0 Å². The maximum atomic E-state index is 13.8. The van der Waals surface area contributed by atoms with Crippen LogP contribution in [-0.4, -0.2) is 21.7 Å². The van der Waals surface area contributed by atoms with Gasteiger partial charge in [0, 0.05) is 12.1 Å². The van der Waals surface area contributed by atoms with E-state index in [1.54, 1.807) is 35.0 Å². The summed E-state index contributed by atoms with van der Waals surface area (Å²) in [4.78, 5) is 23.5. The second-order valence-corrected chi connectivity index (χ2v) is 7.05. The lowest BCUT2D eigenvalue weighted by Gasteiger charge is -2.11. The summed E-state index contributed by atoms with van der Waals surface area (Å²) in [6, 6.07) is 11.0. The van der Waals surface area contributed by atoms with Crippen molar-refractivity contribution in [3.05, 3.63) is 71.4 Å². The van der Waals surface area contributed by atoms with Gasteiger partial charge in [-0.15, -0.1) is 0 Å². The molecule has 0 aliphatic rings. The zero-order valence-electron chi connectivity index (χ0n) is 17.0. The summed E-state index contributed by atoms with van der Waals surface area (Å²) in [5.74, 6) is -1.66. The van der Waals surface area contributed by atoms with Gasteiger partial charge in [-0.05, 0) is 42.7 Å². The third kappa shape index (κ3) is 5.88. The number of anilines is 2. The van der Waals surface area contributed by atoms with Crippen LogP contribution < -0.4 is 16.4 Å². The molecule has 9 heteroatoms. The first-order valence-corrected chi connectivity index (χ1v) is 9.85. The number of benzene rings is 2. The third-order valence-electron chi connectivity index (χ3n) is 4.53. The summed E-state index contributed by atoms with van der Waals surface area (Å²) in [7, 11) is 0. The van der Waals surface area contributed by atoms with Crippen LogP contribution in [0.15, 0.2) is 48.5 Å². The van der Waals surface area contributed by atoms with Crippen molar-refractivity contribution in [3.8, 4) is 5.69 Å². The van der Waals surface area contributed by atoms with Crippen LogP contribution in [0.2, 0.25) is 0 Å². The fourth-order valence-corrected chi connectivity index (χ4v) is 3.01. The molecular weight excluding hydrogens is 404 g/mol. The molecule has 0 unspecified atom stereocenters. The molecule has 1 heterocycles. The predicted molar refractivity (Wildman–Crippen MR) is 114 cm³/mol. The van der Waals surface area contributed by atoms with E-state index < -0.39 is 23.6 Å². The summed E-state index contributed by atoms with van der Waals surface area (Å²) < 4.78 is 28.5. The van der Waals surface area contributed by atoms with Gasteiger partial charge in [-0.1, -0.05) is 25.5 Å². The third-order valence-corrected chi connectivity index (χ3v) is 4.53. The Morgan fingerprint density at radius 1 is 1.06 bits per heavy atom. The Bertz CT molecular complexity index is 1080. The van der Waals surface area contributed by atoms with Gasteiger partial charge < -0.3 is 11.1 Å². The fourth-order valence-electron chi connectivity index (χ4n) is 3.01. The molecule has 0 atom stereocenters. The van der Waals surface area contributed by atoms with E-state index in [4.69, 9.17) is 5.73 Å². The zero-order chi connectivity index (χ0) is 22.4. The zero-order valence-corrected chi connectivity index (χ0v) is 17.0. The normalized spacial score (nSPS) is 10.7. The summed E-state index contributed by atoms with van der Waals surface area (Å²) in [5, 5.41) is 9.58. The number of nitrogens with zero attached hydrogens (tertiary/aromatic N) is 2. The summed E-state index contributed by atoms with van der Waals surface area (Å²) in [6.07, 6.45) is 2.77. The first kappa shape index (κ1) is 21.9. The molecular formula is C22H23F2N5O2. The van der Waals surface area contributed by atoms with Crippen molar-refractivity contribution in [2.75, 3.05) is 10.6 Å². The van der Waals surface area contributed by atoms with Crippen LogP contribution >= 0.6 is 0 Å².